The molecular formula is C25H36OSi. The predicted molar refractivity (Wildman–Crippen MR) is 117 cm³/mol. The fourth-order valence-electron chi connectivity index (χ4n) is 6.58. The van der Waals surface area contributed by atoms with Crippen molar-refractivity contribution in [2.75, 3.05) is 0 Å². The van der Waals surface area contributed by atoms with Crippen LogP contribution in [0.3, 0.4) is 0 Å². The molecule has 1 nitrogen and oxygen atoms in total. The van der Waals surface area contributed by atoms with E-state index in [1.54, 1.807) is 11.1 Å². The van der Waals surface area contributed by atoms with Crippen molar-refractivity contribution in [2.45, 2.75) is 77.6 Å². The Morgan fingerprint density at radius 3 is 2.67 bits per heavy atom. The van der Waals surface area contributed by atoms with Crippen LogP contribution in [0.4, 0.5) is 0 Å². The summed E-state index contributed by atoms with van der Waals surface area (Å²) < 4.78 is 0. The molecule has 0 aromatic carbocycles. The summed E-state index contributed by atoms with van der Waals surface area (Å²) >= 11 is 0. The van der Waals surface area contributed by atoms with Gasteiger partial charge in [0.2, 0.25) is 0 Å². The first-order chi connectivity index (χ1) is 12.6. The van der Waals surface area contributed by atoms with Crippen LogP contribution < -0.4 is 0 Å². The molecule has 6 atom stereocenters. The molecule has 0 saturated heterocycles. The molecule has 2 saturated carbocycles. The smallest absolute Gasteiger partial charge is 0.151 e. The summed E-state index contributed by atoms with van der Waals surface area (Å²) in [4.78, 5) is 0. The summed E-state index contributed by atoms with van der Waals surface area (Å²) in [6.45, 7) is 15.7. The lowest BCUT2D eigenvalue weighted by Crippen LogP contribution is -2.52. The van der Waals surface area contributed by atoms with Crippen LogP contribution in [0.1, 0.15) is 52.4 Å². The Labute approximate surface area is 167 Å². The second-order valence-electron chi connectivity index (χ2n) is 11.0. The van der Waals surface area contributed by atoms with Crippen molar-refractivity contribution in [1.82, 2.24) is 0 Å². The van der Waals surface area contributed by atoms with Gasteiger partial charge in [0.1, 0.15) is 8.07 Å². The number of allylic oxidation sites excluding steroid dienone is 4. The van der Waals surface area contributed by atoms with Gasteiger partial charge in [-0.15, -0.1) is 5.54 Å². The Morgan fingerprint density at radius 2 is 1.96 bits per heavy atom. The fraction of sp³-hybridized carbons (Fsp3) is 0.680. The van der Waals surface area contributed by atoms with Crippen LogP contribution in [0.2, 0.25) is 19.6 Å². The molecule has 0 heterocycles. The van der Waals surface area contributed by atoms with Gasteiger partial charge in [-0.05, 0) is 80.3 Å². The van der Waals surface area contributed by atoms with Crippen LogP contribution in [-0.4, -0.2) is 18.8 Å². The van der Waals surface area contributed by atoms with Gasteiger partial charge in [-0.25, -0.2) is 0 Å². The van der Waals surface area contributed by atoms with E-state index in [-0.39, 0.29) is 5.41 Å². The molecule has 27 heavy (non-hydrogen) atoms. The fourth-order valence-corrected chi connectivity index (χ4v) is 7.14. The van der Waals surface area contributed by atoms with Crippen LogP contribution in [-0.2, 0) is 0 Å². The second kappa shape index (κ2) is 6.23. The normalized spacial score (nSPS) is 43.6. The molecule has 0 aromatic heterocycles. The first-order valence-corrected chi connectivity index (χ1v) is 14.4. The highest BCUT2D eigenvalue weighted by Crippen LogP contribution is 2.65. The monoisotopic (exact) mass is 380 g/mol. The number of fused-ring (bicyclic) bond motifs is 5. The van der Waals surface area contributed by atoms with Crippen LogP contribution >= 0.6 is 0 Å². The summed E-state index contributed by atoms with van der Waals surface area (Å²) in [5.41, 5.74) is 6.48. The first kappa shape index (κ1) is 19.3. The summed E-state index contributed by atoms with van der Waals surface area (Å²) in [6, 6.07) is 0. The molecule has 0 aromatic rings. The molecule has 0 bridgehead atoms. The Bertz CT molecular complexity index is 785. The molecule has 4 rings (SSSR count). The number of hydrogen-bond donors (Lipinski definition) is 1. The minimum atomic E-state index is -1.53. The highest BCUT2D eigenvalue weighted by atomic mass is 28.3. The quantitative estimate of drug-likeness (QED) is 0.315. The zero-order valence-corrected chi connectivity index (χ0v) is 18.9. The lowest BCUT2D eigenvalue weighted by molar-refractivity contribution is -0.0714. The van der Waals surface area contributed by atoms with Crippen LogP contribution in [0.15, 0.2) is 35.5 Å². The summed E-state index contributed by atoms with van der Waals surface area (Å²) in [5.74, 6) is 6.12. The van der Waals surface area contributed by atoms with Crippen molar-refractivity contribution >= 4 is 8.07 Å². The van der Waals surface area contributed by atoms with Gasteiger partial charge in [-0.1, -0.05) is 56.8 Å². The standard InChI is InChI=1S/C25H36OSi/c1-17-7-9-20-19(15-17)8-10-22-21(20)11-12-24(3)23(22)16-18(2)25(24,26)13-14-27(4,5)6/h8,15,20-23,26H,2,7,9-12,16H2,1,3-6H3/t20-,21+,22+,23-,24-,25-/m0/s1. The molecular weight excluding hydrogens is 344 g/mol. The molecule has 0 unspecified atom stereocenters. The van der Waals surface area contributed by atoms with E-state index in [2.05, 4.69) is 63.7 Å². The third-order valence-electron chi connectivity index (χ3n) is 8.14. The van der Waals surface area contributed by atoms with Crippen LogP contribution in [0.25, 0.3) is 0 Å². The van der Waals surface area contributed by atoms with Gasteiger partial charge in [-0.2, -0.15) is 0 Å². The van der Waals surface area contributed by atoms with Gasteiger partial charge < -0.3 is 5.11 Å². The number of aliphatic hydroxyl groups is 1. The van der Waals surface area contributed by atoms with E-state index < -0.39 is 13.7 Å². The average Bonchev–Trinajstić information content (AvgIpc) is 2.80. The summed E-state index contributed by atoms with van der Waals surface area (Å²) in [5, 5.41) is 11.8. The maximum atomic E-state index is 11.8. The van der Waals surface area contributed by atoms with Gasteiger partial charge in [0.05, 0.1) is 0 Å². The van der Waals surface area contributed by atoms with E-state index in [1.807, 2.05) is 0 Å². The van der Waals surface area contributed by atoms with Crippen molar-refractivity contribution in [1.29, 1.82) is 0 Å². The van der Waals surface area contributed by atoms with Crippen molar-refractivity contribution in [2.24, 2.45) is 29.1 Å². The van der Waals surface area contributed by atoms with E-state index in [9.17, 15) is 5.11 Å². The van der Waals surface area contributed by atoms with E-state index in [0.717, 1.165) is 30.3 Å². The van der Waals surface area contributed by atoms with Gasteiger partial charge >= 0.3 is 0 Å². The predicted octanol–water partition coefficient (Wildman–Crippen LogP) is 5.89. The Morgan fingerprint density at radius 1 is 1.22 bits per heavy atom. The molecule has 0 aliphatic heterocycles. The van der Waals surface area contributed by atoms with Gasteiger partial charge in [0.25, 0.3) is 0 Å². The van der Waals surface area contributed by atoms with Gasteiger partial charge in [-0.3, -0.25) is 0 Å². The lowest BCUT2D eigenvalue weighted by Gasteiger charge is -2.53. The molecule has 0 amide bonds. The molecule has 0 spiro atoms. The third-order valence-corrected chi connectivity index (χ3v) is 9.01. The van der Waals surface area contributed by atoms with Crippen LogP contribution in [0, 0.1) is 40.6 Å². The molecule has 4 aliphatic rings. The Balaban J connectivity index is 1.69. The lowest BCUT2D eigenvalue weighted by atomic mass is 9.51. The topological polar surface area (TPSA) is 20.2 Å². The Hall–Kier alpha value is -1.04. The summed E-state index contributed by atoms with van der Waals surface area (Å²) in [6.07, 6.45) is 12.0. The number of hydrogen-bond acceptors (Lipinski definition) is 1. The SMILES string of the molecule is C=C1C[C@H]2[C@@H]3CC=C4C=C(C)CC[C@@H]4[C@H]3CC[C@]2(C)[C@]1(O)C#C[Si](C)(C)C. The first-order valence-electron chi connectivity index (χ1n) is 10.9. The minimum absolute atomic E-state index is 0.135. The van der Waals surface area contributed by atoms with Gasteiger partial charge in [0.15, 0.2) is 5.60 Å². The molecule has 2 fully saturated rings. The molecule has 1 N–H and O–H groups in total. The average molecular weight is 381 g/mol. The minimum Gasteiger partial charge on any atom is -0.373 e. The van der Waals surface area contributed by atoms with E-state index in [4.69, 9.17) is 0 Å². The zero-order chi connectivity index (χ0) is 19.6. The number of rotatable bonds is 0. The summed E-state index contributed by atoms with van der Waals surface area (Å²) in [7, 11) is -1.53. The van der Waals surface area contributed by atoms with E-state index >= 15 is 0 Å². The third kappa shape index (κ3) is 2.93. The largest absolute Gasteiger partial charge is 0.373 e. The van der Waals surface area contributed by atoms with Crippen molar-refractivity contribution in [3.63, 3.8) is 0 Å². The van der Waals surface area contributed by atoms with Crippen molar-refractivity contribution < 1.29 is 5.11 Å². The van der Waals surface area contributed by atoms with E-state index in [0.29, 0.717) is 11.8 Å². The highest BCUT2D eigenvalue weighted by molar-refractivity contribution is 6.83. The van der Waals surface area contributed by atoms with Crippen LogP contribution in [0.5, 0.6) is 0 Å². The molecule has 0 radical (unpaired) electrons. The second-order valence-corrected chi connectivity index (χ2v) is 15.7. The molecule has 2 heteroatoms. The Kier molecular flexibility index (Phi) is 4.45. The zero-order valence-electron chi connectivity index (χ0n) is 17.9. The van der Waals surface area contributed by atoms with Gasteiger partial charge in [0, 0.05) is 5.41 Å². The maximum Gasteiger partial charge on any atom is 0.151 e. The van der Waals surface area contributed by atoms with Crippen molar-refractivity contribution in [3.05, 3.63) is 35.5 Å². The molecule has 4 aliphatic carbocycles. The van der Waals surface area contributed by atoms with E-state index in [1.165, 1.54) is 25.7 Å². The maximum absolute atomic E-state index is 11.8. The van der Waals surface area contributed by atoms with Crippen molar-refractivity contribution in [3.8, 4) is 11.5 Å². The highest BCUT2D eigenvalue weighted by Gasteiger charge is 2.63. The molecule has 146 valence electrons.